The Hall–Kier alpha value is -0.760. The van der Waals surface area contributed by atoms with Crippen molar-refractivity contribution in [1.82, 2.24) is 0 Å². The zero-order valence-electron chi connectivity index (χ0n) is 9.50. The van der Waals surface area contributed by atoms with Crippen molar-refractivity contribution in [2.24, 2.45) is 5.41 Å². The summed E-state index contributed by atoms with van der Waals surface area (Å²) < 4.78 is 68.3. The number of ether oxygens (including phenoxy) is 1. The van der Waals surface area contributed by atoms with Crippen LogP contribution in [-0.4, -0.2) is 27.1 Å². The molecule has 0 saturated carbocycles. The lowest BCUT2D eigenvalue weighted by Crippen LogP contribution is -2.33. The third kappa shape index (κ3) is 2.35. The van der Waals surface area contributed by atoms with Crippen LogP contribution in [0.1, 0.15) is 25.7 Å². The van der Waals surface area contributed by atoms with Gasteiger partial charge in [0, 0.05) is 18.6 Å². The van der Waals surface area contributed by atoms with E-state index in [1.54, 1.807) is 0 Å². The Morgan fingerprint density at radius 1 is 1.22 bits per heavy atom. The monoisotopic (exact) mass is 286 g/mol. The van der Waals surface area contributed by atoms with E-state index in [9.17, 15) is 21.6 Å². The smallest absolute Gasteiger partial charge is 0.381 e. The second-order valence-electron chi connectivity index (χ2n) is 4.48. The van der Waals surface area contributed by atoms with E-state index in [0.29, 0.717) is 38.9 Å². The number of allylic oxidation sites excluding steroid dienone is 2. The third-order valence-corrected chi connectivity index (χ3v) is 4.37. The molecule has 0 atom stereocenters. The summed E-state index contributed by atoms with van der Waals surface area (Å²) in [6, 6.07) is 0. The Labute approximate surface area is 103 Å². The van der Waals surface area contributed by atoms with E-state index in [4.69, 9.17) is 4.74 Å². The molecule has 1 aliphatic carbocycles. The molecule has 1 heterocycles. The summed E-state index contributed by atoms with van der Waals surface area (Å²) in [6.07, 6.45) is 3.56. The lowest BCUT2D eigenvalue weighted by Gasteiger charge is -2.34. The Bertz CT molecular complexity index is 446. The van der Waals surface area contributed by atoms with Crippen LogP contribution in [0.4, 0.5) is 13.2 Å². The van der Waals surface area contributed by atoms with Gasteiger partial charge in [-0.1, -0.05) is 0 Å². The van der Waals surface area contributed by atoms with Crippen molar-refractivity contribution >= 4 is 10.1 Å². The first kappa shape index (κ1) is 13.7. The molecule has 1 fully saturated rings. The first-order valence-electron chi connectivity index (χ1n) is 5.56. The molecule has 0 radical (unpaired) electrons. The number of rotatable bonds is 2. The summed E-state index contributed by atoms with van der Waals surface area (Å²) in [5.74, 6) is -0.0666. The van der Waals surface area contributed by atoms with E-state index >= 15 is 0 Å². The van der Waals surface area contributed by atoms with Crippen LogP contribution < -0.4 is 0 Å². The molecule has 104 valence electrons. The van der Waals surface area contributed by atoms with E-state index in [1.807, 2.05) is 0 Å². The molecule has 0 bridgehead atoms. The summed E-state index contributed by atoms with van der Waals surface area (Å²) in [5, 5.41) is 0. The number of halogens is 3. The maximum atomic E-state index is 12.3. The highest BCUT2D eigenvalue weighted by Gasteiger charge is 2.51. The molecular weight excluding hydrogens is 273 g/mol. The summed E-state index contributed by atoms with van der Waals surface area (Å²) in [7, 11) is -5.57. The minimum Gasteiger partial charge on any atom is -0.381 e. The molecule has 18 heavy (non-hydrogen) atoms. The van der Waals surface area contributed by atoms with E-state index in [2.05, 4.69) is 4.18 Å². The first-order valence-corrected chi connectivity index (χ1v) is 6.97. The van der Waals surface area contributed by atoms with Gasteiger partial charge in [0.15, 0.2) is 0 Å². The van der Waals surface area contributed by atoms with Crippen molar-refractivity contribution in [1.29, 1.82) is 0 Å². The summed E-state index contributed by atoms with van der Waals surface area (Å²) in [6.45, 7) is 0.819. The van der Waals surface area contributed by atoms with Gasteiger partial charge in [0.25, 0.3) is 0 Å². The van der Waals surface area contributed by atoms with Crippen LogP contribution >= 0.6 is 0 Å². The van der Waals surface area contributed by atoms with E-state index in [-0.39, 0.29) is 5.76 Å². The molecule has 2 aliphatic rings. The number of alkyl halides is 3. The number of hydrogen-bond acceptors (Lipinski definition) is 4. The fourth-order valence-electron chi connectivity index (χ4n) is 2.37. The normalized spacial score (nSPS) is 24.1. The van der Waals surface area contributed by atoms with E-state index in [0.717, 1.165) is 0 Å². The van der Waals surface area contributed by atoms with Crippen LogP contribution in [0.2, 0.25) is 0 Å². The molecule has 0 aromatic heterocycles. The highest BCUT2D eigenvalue weighted by molar-refractivity contribution is 7.87. The van der Waals surface area contributed by atoms with Gasteiger partial charge in [0.1, 0.15) is 5.76 Å². The van der Waals surface area contributed by atoms with Crippen molar-refractivity contribution in [2.75, 3.05) is 13.2 Å². The van der Waals surface area contributed by atoms with Gasteiger partial charge in [-0.15, -0.1) is 0 Å². The van der Waals surface area contributed by atoms with Gasteiger partial charge in [0.2, 0.25) is 0 Å². The van der Waals surface area contributed by atoms with Crippen molar-refractivity contribution < 1.29 is 30.5 Å². The SMILES string of the molecule is O=S(=O)(OC1=CCCC12CCOCC2)C(F)(F)F. The fourth-order valence-corrected chi connectivity index (χ4v) is 2.94. The zero-order chi connectivity index (χ0) is 13.4. The van der Waals surface area contributed by atoms with Gasteiger partial charge in [-0.2, -0.15) is 21.6 Å². The van der Waals surface area contributed by atoms with Crippen LogP contribution in [0, 0.1) is 5.41 Å². The lowest BCUT2D eigenvalue weighted by atomic mass is 9.79. The highest BCUT2D eigenvalue weighted by atomic mass is 32.2. The minimum absolute atomic E-state index is 0.0666. The van der Waals surface area contributed by atoms with Gasteiger partial charge >= 0.3 is 15.6 Å². The minimum atomic E-state index is -5.57. The predicted octanol–water partition coefficient (Wildman–Crippen LogP) is 2.33. The van der Waals surface area contributed by atoms with Crippen molar-refractivity contribution in [2.45, 2.75) is 31.2 Å². The van der Waals surface area contributed by atoms with Crippen molar-refractivity contribution in [3.8, 4) is 0 Å². The standard InChI is InChI=1S/C10H13F3O4S/c11-10(12,13)18(14,15)17-8-2-1-3-9(8)4-6-16-7-5-9/h2H,1,3-7H2. The van der Waals surface area contributed by atoms with Gasteiger partial charge < -0.3 is 8.92 Å². The molecule has 1 spiro atoms. The van der Waals surface area contributed by atoms with Gasteiger partial charge in [0.05, 0.1) is 0 Å². The Kier molecular flexibility index (Phi) is 3.35. The average molecular weight is 286 g/mol. The van der Waals surface area contributed by atoms with E-state index in [1.165, 1.54) is 6.08 Å². The van der Waals surface area contributed by atoms with Crippen LogP contribution in [0.25, 0.3) is 0 Å². The third-order valence-electron chi connectivity index (χ3n) is 3.41. The topological polar surface area (TPSA) is 52.6 Å². The van der Waals surface area contributed by atoms with Gasteiger partial charge in [-0.05, 0) is 31.8 Å². The molecule has 0 aromatic carbocycles. The zero-order valence-corrected chi connectivity index (χ0v) is 10.3. The molecule has 2 rings (SSSR count). The quantitative estimate of drug-likeness (QED) is 0.577. The lowest BCUT2D eigenvalue weighted by molar-refractivity contribution is -0.0547. The van der Waals surface area contributed by atoms with Gasteiger partial charge in [-0.3, -0.25) is 0 Å². The largest absolute Gasteiger partial charge is 0.534 e. The van der Waals surface area contributed by atoms with Crippen molar-refractivity contribution in [3.63, 3.8) is 0 Å². The molecule has 8 heteroatoms. The van der Waals surface area contributed by atoms with Crippen molar-refractivity contribution in [3.05, 3.63) is 11.8 Å². The second kappa shape index (κ2) is 4.41. The van der Waals surface area contributed by atoms with E-state index < -0.39 is 21.0 Å². The second-order valence-corrected chi connectivity index (χ2v) is 6.02. The summed E-state index contributed by atoms with van der Waals surface area (Å²) in [4.78, 5) is 0. The molecule has 1 saturated heterocycles. The van der Waals surface area contributed by atoms with Crippen LogP contribution in [0.5, 0.6) is 0 Å². The highest BCUT2D eigenvalue weighted by Crippen LogP contribution is 2.48. The molecule has 0 unspecified atom stereocenters. The molecule has 4 nitrogen and oxygen atoms in total. The molecule has 0 aromatic rings. The maximum absolute atomic E-state index is 12.3. The molecule has 1 aliphatic heterocycles. The Balaban J connectivity index is 2.19. The molecule has 0 amide bonds. The van der Waals surface area contributed by atoms with Crippen LogP contribution in [-0.2, 0) is 19.0 Å². The van der Waals surface area contributed by atoms with Crippen LogP contribution in [0.3, 0.4) is 0 Å². The van der Waals surface area contributed by atoms with Gasteiger partial charge in [-0.25, -0.2) is 0 Å². The average Bonchev–Trinajstić information content (AvgIpc) is 2.60. The Morgan fingerprint density at radius 2 is 1.83 bits per heavy atom. The Morgan fingerprint density at radius 3 is 2.39 bits per heavy atom. The molecular formula is C10H13F3O4S. The predicted molar refractivity (Wildman–Crippen MR) is 55.9 cm³/mol. The molecule has 0 N–H and O–H groups in total. The number of hydrogen-bond donors (Lipinski definition) is 0. The summed E-state index contributed by atoms with van der Waals surface area (Å²) in [5.41, 5.74) is -5.99. The fraction of sp³-hybridized carbons (Fsp3) is 0.800. The summed E-state index contributed by atoms with van der Waals surface area (Å²) >= 11 is 0. The maximum Gasteiger partial charge on any atom is 0.534 e. The van der Waals surface area contributed by atoms with Crippen LogP contribution in [0.15, 0.2) is 11.8 Å². The first-order chi connectivity index (χ1) is 8.27.